The van der Waals surface area contributed by atoms with Gasteiger partial charge in [-0.15, -0.1) is 0 Å². The number of amides is 2. The molecule has 1 aliphatic heterocycles. The molecule has 1 aliphatic rings. The maximum Gasteiger partial charge on any atom is 0.256 e. The second-order valence-corrected chi connectivity index (χ2v) is 6.19. The van der Waals surface area contributed by atoms with Gasteiger partial charge >= 0.3 is 0 Å². The minimum absolute atomic E-state index is 0.132. The normalized spacial score (nSPS) is 17.1. The van der Waals surface area contributed by atoms with Crippen molar-refractivity contribution >= 4 is 23.2 Å². The zero-order chi connectivity index (χ0) is 18.0. The van der Waals surface area contributed by atoms with E-state index in [1.54, 1.807) is 18.2 Å². The van der Waals surface area contributed by atoms with Gasteiger partial charge in [-0.05, 0) is 50.1 Å². The summed E-state index contributed by atoms with van der Waals surface area (Å²) in [7, 11) is 0. The van der Waals surface area contributed by atoms with E-state index in [0.717, 1.165) is 16.8 Å². The Kier molecular flexibility index (Phi) is 4.74. The highest BCUT2D eigenvalue weighted by molar-refractivity contribution is 6.23. The third-order valence-corrected chi connectivity index (χ3v) is 4.28. The molecular weight excluding hydrogens is 316 g/mol. The Morgan fingerprint density at radius 2 is 1.92 bits per heavy atom. The Bertz CT molecular complexity index is 816. The van der Waals surface area contributed by atoms with Crippen molar-refractivity contribution in [2.45, 2.75) is 33.2 Å². The van der Waals surface area contributed by atoms with Gasteiger partial charge in [-0.25, -0.2) is 4.90 Å². The summed E-state index contributed by atoms with van der Waals surface area (Å²) < 4.78 is 5.57. The van der Waals surface area contributed by atoms with Crippen LogP contribution in [0.25, 0.3) is 0 Å². The van der Waals surface area contributed by atoms with Crippen LogP contribution in [-0.4, -0.2) is 24.5 Å². The molecule has 2 aromatic carbocycles. The van der Waals surface area contributed by atoms with Crippen molar-refractivity contribution in [1.29, 1.82) is 0 Å². The number of carbonyl (C=O) groups is 2. The zero-order valence-corrected chi connectivity index (χ0v) is 14.7. The molecule has 2 aromatic rings. The van der Waals surface area contributed by atoms with Crippen molar-refractivity contribution in [3.05, 3.63) is 53.6 Å². The summed E-state index contributed by atoms with van der Waals surface area (Å²) in [6, 6.07) is 12.6. The van der Waals surface area contributed by atoms with Crippen LogP contribution >= 0.6 is 0 Å². The van der Waals surface area contributed by atoms with Crippen LogP contribution < -0.4 is 15.0 Å². The molecule has 0 aromatic heterocycles. The van der Waals surface area contributed by atoms with Gasteiger partial charge in [0.05, 0.1) is 18.7 Å². The molecule has 5 heteroatoms. The monoisotopic (exact) mass is 338 g/mol. The van der Waals surface area contributed by atoms with Crippen LogP contribution in [0.1, 0.15) is 24.5 Å². The number of aryl methyl sites for hydroxylation is 2. The summed E-state index contributed by atoms with van der Waals surface area (Å²) >= 11 is 0. The number of nitrogens with zero attached hydrogens (tertiary/aromatic N) is 1. The number of imide groups is 1. The lowest BCUT2D eigenvalue weighted by molar-refractivity contribution is -0.121. The highest BCUT2D eigenvalue weighted by Crippen LogP contribution is 2.33. The number of rotatable bonds is 5. The second-order valence-electron chi connectivity index (χ2n) is 6.19. The van der Waals surface area contributed by atoms with Crippen molar-refractivity contribution in [3.8, 4) is 5.75 Å². The molecule has 130 valence electrons. The fourth-order valence-corrected chi connectivity index (χ4v) is 3.00. The third kappa shape index (κ3) is 3.36. The molecule has 2 amide bonds. The first-order valence-electron chi connectivity index (χ1n) is 8.43. The van der Waals surface area contributed by atoms with Crippen molar-refractivity contribution in [2.75, 3.05) is 16.8 Å². The number of hydrogen-bond acceptors (Lipinski definition) is 4. The minimum atomic E-state index is -0.567. The van der Waals surface area contributed by atoms with Crippen LogP contribution in [0.3, 0.4) is 0 Å². The molecule has 1 saturated heterocycles. The molecule has 5 nitrogen and oxygen atoms in total. The van der Waals surface area contributed by atoms with Crippen molar-refractivity contribution in [2.24, 2.45) is 0 Å². The number of carbonyl (C=O) groups excluding carboxylic acids is 2. The summed E-state index contributed by atoms with van der Waals surface area (Å²) in [5, 5.41) is 3.23. The molecule has 0 spiro atoms. The van der Waals surface area contributed by atoms with E-state index in [1.807, 2.05) is 45.0 Å². The fraction of sp³-hybridized carbons (Fsp3) is 0.300. The Balaban J connectivity index is 1.87. The molecule has 0 saturated carbocycles. The van der Waals surface area contributed by atoms with Gasteiger partial charge in [-0.2, -0.15) is 0 Å². The molecular formula is C20H22N2O3. The van der Waals surface area contributed by atoms with Crippen molar-refractivity contribution in [1.82, 2.24) is 0 Å². The van der Waals surface area contributed by atoms with E-state index in [0.29, 0.717) is 18.0 Å². The van der Waals surface area contributed by atoms with Crippen LogP contribution in [0.5, 0.6) is 5.75 Å². The summed E-state index contributed by atoms with van der Waals surface area (Å²) in [4.78, 5) is 26.6. The van der Waals surface area contributed by atoms with Crippen molar-refractivity contribution < 1.29 is 14.3 Å². The minimum Gasteiger partial charge on any atom is -0.492 e. The van der Waals surface area contributed by atoms with Crippen LogP contribution in [0.15, 0.2) is 42.5 Å². The number of anilines is 2. The number of hydrogen-bond donors (Lipinski definition) is 1. The first-order chi connectivity index (χ1) is 12.0. The van der Waals surface area contributed by atoms with E-state index in [2.05, 4.69) is 5.32 Å². The van der Waals surface area contributed by atoms with Gasteiger partial charge in [-0.3, -0.25) is 9.59 Å². The molecule has 0 bridgehead atoms. The first-order valence-corrected chi connectivity index (χ1v) is 8.43. The van der Waals surface area contributed by atoms with Gasteiger partial charge in [0, 0.05) is 5.69 Å². The molecule has 1 N–H and O–H groups in total. The van der Waals surface area contributed by atoms with E-state index >= 15 is 0 Å². The number of nitrogens with one attached hydrogen (secondary N) is 1. The van der Waals surface area contributed by atoms with E-state index in [1.165, 1.54) is 4.90 Å². The molecule has 0 aliphatic carbocycles. The van der Waals surface area contributed by atoms with E-state index in [4.69, 9.17) is 4.74 Å². The lowest BCUT2D eigenvalue weighted by atomic mass is 10.1. The quantitative estimate of drug-likeness (QED) is 0.849. The van der Waals surface area contributed by atoms with E-state index in [9.17, 15) is 9.59 Å². The molecule has 1 fully saturated rings. The Morgan fingerprint density at radius 1 is 1.16 bits per heavy atom. The van der Waals surface area contributed by atoms with Crippen LogP contribution in [0.2, 0.25) is 0 Å². The Labute approximate surface area is 147 Å². The Hall–Kier alpha value is -2.82. The molecule has 1 heterocycles. The van der Waals surface area contributed by atoms with Crippen molar-refractivity contribution in [3.63, 3.8) is 0 Å². The SMILES string of the molecule is CCOc1ccccc1N1C(=O)C[C@@H](Nc2cc(C)ccc2C)C1=O. The summed E-state index contributed by atoms with van der Waals surface area (Å²) in [5.74, 6) is 0.0668. The molecule has 3 rings (SSSR count). The number of para-hydroxylation sites is 2. The molecule has 0 radical (unpaired) electrons. The third-order valence-electron chi connectivity index (χ3n) is 4.28. The lowest BCUT2D eigenvalue weighted by Gasteiger charge is -2.19. The maximum atomic E-state index is 12.9. The fourth-order valence-electron chi connectivity index (χ4n) is 3.00. The highest BCUT2D eigenvalue weighted by atomic mass is 16.5. The van der Waals surface area contributed by atoms with Gasteiger partial charge in [0.1, 0.15) is 11.8 Å². The summed E-state index contributed by atoms with van der Waals surface area (Å²) in [6.07, 6.45) is 0.132. The van der Waals surface area contributed by atoms with Gasteiger partial charge in [-0.1, -0.05) is 24.3 Å². The molecule has 0 unspecified atom stereocenters. The van der Waals surface area contributed by atoms with Gasteiger partial charge in [0.25, 0.3) is 5.91 Å². The lowest BCUT2D eigenvalue weighted by Crippen LogP contribution is -2.35. The average Bonchev–Trinajstić information content (AvgIpc) is 2.86. The van der Waals surface area contributed by atoms with Gasteiger partial charge in [0.2, 0.25) is 5.91 Å². The highest BCUT2D eigenvalue weighted by Gasteiger charge is 2.40. The molecule has 1 atom stereocenters. The van der Waals surface area contributed by atoms with Crippen LogP contribution in [-0.2, 0) is 9.59 Å². The topological polar surface area (TPSA) is 58.6 Å². The van der Waals surface area contributed by atoms with E-state index in [-0.39, 0.29) is 18.2 Å². The second kappa shape index (κ2) is 6.97. The number of benzene rings is 2. The van der Waals surface area contributed by atoms with Crippen LogP contribution in [0, 0.1) is 13.8 Å². The summed E-state index contributed by atoms with van der Waals surface area (Å²) in [5.41, 5.74) is 3.53. The predicted molar refractivity (Wildman–Crippen MR) is 98.0 cm³/mol. The maximum absolute atomic E-state index is 12.9. The number of ether oxygens (including phenoxy) is 1. The average molecular weight is 338 g/mol. The molecule has 25 heavy (non-hydrogen) atoms. The van der Waals surface area contributed by atoms with Crippen LogP contribution in [0.4, 0.5) is 11.4 Å². The standard InChI is InChI=1S/C20H22N2O3/c1-4-25-18-8-6-5-7-17(18)22-19(23)12-16(20(22)24)21-15-11-13(2)9-10-14(15)3/h5-11,16,21H,4,12H2,1-3H3/t16-/m1/s1. The van der Waals surface area contributed by atoms with Gasteiger partial charge < -0.3 is 10.1 Å². The predicted octanol–water partition coefficient (Wildman–Crippen LogP) is 3.45. The summed E-state index contributed by atoms with van der Waals surface area (Å²) in [6.45, 7) is 6.31. The largest absolute Gasteiger partial charge is 0.492 e. The Morgan fingerprint density at radius 3 is 2.68 bits per heavy atom. The first kappa shape index (κ1) is 17.0. The van der Waals surface area contributed by atoms with Gasteiger partial charge in [0.15, 0.2) is 0 Å². The smallest absolute Gasteiger partial charge is 0.256 e. The van der Waals surface area contributed by atoms with E-state index < -0.39 is 6.04 Å². The zero-order valence-electron chi connectivity index (χ0n) is 14.7.